The van der Waals surface area contributed by atoms with Crippen LogP contribution in [-0.2, 0) is 0 Å². The smallest absolute Gasteiger partial charge is 0.0149 e. The van der Waals surface area contributed by atoms with Crippen LogP contribution in [-0.4, -0.2) is 0 Å². The quantitative estimate of drug-likeness (QED) is 0.599. The minimum atomic E-state index is 0.552. The first-order valence-electron chi connectivity index (χ1n) is 7.54. The first kappa shape index (κ1) is 12.7. The van der Waals surface area contributed by atoms with Crippen molar-refractivity contribution in [1.82, 2.24) is 0 Å². The molecule has 100 valence electrons. The standard InChI is InChI=1S/C19H24/c1-14-12-16-6-4-5-7-17(16)18(13-14)15-8-10-19(2,3)11-9-15/h4-7,12-13,15H,8-11H2,1-3H3. The highest BCUT2D eigenvalue weighted by molar-refractivity contribution is 5.87. The molecule has 0 bridgehead atoms. The van der Waals surface area contributed by atoms with Gasteiger partial charge in [0.25, 0.3) is 0 Å². The molecule has 0 heteroatoms. The Kier molecular flexibility index (Phi) is 3.12. The van der Waals surface area contributed by atoms with Gasteiger partial charge in [0.05, 0.1) is 0 Å². The van der Waals surface area contributed by atoms with Crippen LogP contribution in [0.1, 0.15) is 56.6 Å². The van der Waals surface area contributed by atoms with Crippen molar-refractivity contribution < 1.29 is 0 Å². The van der Waals surface area contributed by atoms with Gasteiger partial charge in [-0.25, -0.2) is 0 Å². The maximum atomic E-state index is 2.42. The van der Waals surface area contributed by atoms with E-state index in [0.29, 0.717) is 5.41 Å². The van der Waals surface area contributed by atoms with Gasteiger partial charge in [-0.15, -0.1) is 0 Å². The average molecular weight is 252 g/mol. The molecule has 2 aromatic carbocycles. The predicted octanol–water partition coefficient (Wildman–Crippen LogP) is 5.83. The van der Waals surface area contributed by atoms with Gasteiger partial charge in [0.15, 0.2) is 0 Å². The zero-order valence-corrected chi connectivity index (χ0v) is 12.4. The molecule has 0 radical (unpaired) electrons. The molecule has 1 saturated carbocycles. The van der Waals surface area contributed by atoms with Crippen molar-refractivity contribution in [3.63, 3.8) is 0 Å². The van der Waals surface area contributed by atoms with Crippen LogP contribution in [0.25, 0.3) is 10.8 Å². The molecule has 0 aromatic heterocycles. The molecular weight excluding hydrogens is 228 g/mol. The highest BCUT2D eigenvalue weighted by Crippen LogP contribution is 2.44. The Morgan fingerprint density at radius 3 is 2.42 bits per heavy atom. The Hall–Kier alpha value is -1.30. The molecule has 0 atom stereocenters. The molecule has 0 aliphatic heterocycles. The first-order chi connectivity index (χ1) is 9.05. The molecule has 0 amide bonds. The van der Waals surface area contributed by atoms with Crippen molar-refractivity contribution in [2.75, 3.05) is 0 Å². The van der Waals surface area contributed by atoms with Gasteiger partial charge in [-0.1, -0.05) is 55.8 Å². The lowest BCUT2D eigenvalue weighted by Gasteiger charge is -2.35. The fourth-order valence-corrected chi connectivity index (χ4v) is 3.54. The number of hydrogen-bond donors (Lipinski definition) is 0. The van der Waals surface area contributed by atoms with Gasteiger partial charge in [-0.05, 0) is 60.3 Å². The molecule has 19 heavy (non-hydrogen) atoms. The van der Waals surface area contributed by atoms with Crippen LogP contribution in [0.4, 0.5) is 0 Å². The number of benzene rings is 2. The first-order valence-corrected chi connectivity index (χ1v) is 7.54. The average Bonchev–Trinajstić information content (AvgIpc) is 2.38. The van der Waals surface area contributed by atoms with Crippen LogP contribution in [0.3, 0.4) is 0 Å². The van der Waals surface area contributed by atoms with Gasteiger partial charge in [0, 0.05) is 0 Å². The Labute approximate surface area is 116 Å². The van der Waals surface area contributed by atoms with Crippen molar-refractivity contribution in [1.29, 1.82) is 0 Å². The second-order valence-corrected chi connectivity index (χ2v) is 7.01. The van der Waals surface area contributed by atoms with Crippen molar-refractivity contribution in [2.24, 2.45) is 5.41 Å². The van der Waals surface area contributed by atoms with Crippen LogP contribution >= 0.6 is 0 Å². The van der Waals surface area contributed by atoms with Crippen molar-refractivity contribution >= 4 is 10.8 Å². The van der Waals surface area contributed by atoms with E-state index in [4.69, 9.17) is 0 Å². The van der Waals surface area contributed by atoms with Crippen LogP contribution in [0, 0.1) is 12.3 Å². The molecule has 0 unspecified atom stereocenters. The molecule has 1 aliphatic rings. The van der Waals surface area contributed by atoms with E-state index in [0.717, 1.165) is 5.92 Å². The number of fused-ring (bicyclic) bond motifs is 1. The fourth-order valence-electron chi connectivity index (χ4n) is 3.54. The molecule has 0 heterocycles. The van der Waals surface area contributed by atoms with Crippen molar-refractivity contribution in [2.45, 2.75) is 52.4 Å². The van der Waals surface area contributed by atoms with Gasteiger partial charge in [-0.3, -0.25) is 0 Å². The maximum absolute atomic E-state index is 2.42. The Balaban J connectivity index is 2.01. The van der Waals surface area contributed by atoms with Gasteiger partial charge in [-0.2, -0.15) is 0 Å². The molecule has 3 rings (SSSR count). The van der Waals surface area contributed by atoms with Gasteiger partial charge in [0.1, 0.15) is 0 Å². The van der Waals surface area contributed by atoms with Crippen LogP contribution in [0.5, 0.6) is 0 Å². The molecule has 1 fully saturated rings. The Morgan fingerprint density at radius 1 is 1.00 bits per heavy atom. The normalized spacial score (nSPS) is 19.7. The fraction of sp³-hybridized carbons (Fsp3) is 0.474. The third-order valence-electron chi connectivity index (χ3n) is 4.82. The lowest BCUT2D eigenvalue weighted by Crippen LogP contribution is -2.20. The molecule has 1 aliphatic carbocycles. The van der Waals surface area contributed by atoms with E-state index in [9.17, 15) is 0 Å². The summed E-state index contributed by atoms with van der Waals surface area (Å²) in [4.78, 5) is 0. The summed E-state index contributed by atoms with van der Waals surface area (Å²) in [5, 5.41) is 2.88. The topological polar surface area (TPSA) is 0 Å². The largest absolute Gasteiger partial charge is 0.0616 e. The number of aryl methyl sites for hydroxylation is 1. The number of rotatable bonds is 1. The number of hydrogen-bond acceptors (Lipinski definition) is 0. The van der Waals surface area contributed by atoms with Crippen LogP contribution < -0.4 is 0 Å². The molecular formula is C19H24. The Bertz CT molecular complexity index is 582. The zero-order chi connectivity index (χ0) is 13.5. The predicted molar refractivity (Wildman–Crippen MR) is 83.7 cm³/mol. The third kappa shape index (κ3) is 2.54. The summed E-state index contributed by atoms with van der Waals surface area (Å²) < 4.78 is 0. The minimum Gasteiger partial charge on any atom is -0.0616 e. The van der Waals surface area contributed by atoms with Crippen molar-refractivity contribution in [3.8, 4) is 0 Å². The van der Waals surface area contributed by atoms with E-state index in [-0.39, 0.29) is 0 Å². The van der Waals surface area contributed by atoms with E-state index in [1.807, 2.05) is 0 Å². The highest BCUT2D eigenvalue weighted by atomic mass is 14.3. The molecule has 0 nitrogen and oxygen atoms in total. The third-order valence-corrected chi connectivity index (χ3v) is 4.82. The second-order valence-electron chi connectivity index (χ2n) is 7.01. The van der Waals surface area contributed by atoms with E-state index in [1.54, 1.807) is 5.56 Å². The van der Waals surface area contributed by atoms with E-state index < -0.39 is 0 Å². The molecule has 0 N–H and O–H groups in total. The summed E-state index contributed by atoms with van der Waals surface area (Å²) in [6, 6.07) is 13.6. The van der Waals surface area contributed by atoms with E-state index >= 15 is 0 Å². The summed E-state index contributed by atoms with van der Waals surface area (Å²) in [6.07, 6.45) is 5.42. The van der Waals surface area contributed by atoms with Gasteiger partial charge < -0.3 is 0 Å². The molecule has 2 aromatic rings. The van der Waals surface area contributed by atoms with Gasteiger partial charge in [0.2, 0.25) is 0 Å². The molecule has 0 saturated heterocycles. The van der Waals surface area contributed by atoms with Gasteiger partial charge >= 0.3 is 0 Å². The van der Waals surface area contributed by atoms with Crippen LogP contribution in [0.15, 0.2) is 36.4 Å². The minimum absolute atomic E-state index is 0.552. The summed E-state index contributed by atoms with van der Waals surface area (Å²) in [5.41, 5.74) is 3.54. The summed E-state index contributed by atoms with van der Waals surface area (Å²) >= 11 is 0. The van der Waals surface area contributed by atoms with Crippen molar-refractivity contribution in [3.05, 3.63) is 47.5 Å². The summed E-state index contributed by atoms with van der Waals surface area (Å²) in [5.74, 6) is 0.762. The summed E-state index contributed by atoms with van der Waals surface area (Å²) in [6.45, 7) is 7.05. The highest BCUT2D eigenvalue weighted by Gasteiger charge is 2.28. The Morgan fingerprint density at radius 2 is 1.68 bits per heavy atom. The van der Waals surface area contributed by atoms with Crippen LogP contribution in [0.2, 0.25) is 0 Å². The lowest BCUT2D eigenvalue weighted by molar-refractivity contribution is 0.225. The monoisotopic (exact) mass is 252 g/mol. The lowest BCUT2D eigenvalue weighted by atomic mass is 9.70. The van der Waals surface area contributed by atoms with E-state index in [1.165, 1.54) is 42.0 Å². The molecule has 0 spiro atoms. The maximum Gasteiger partial charge on any atom is -0.0149 e. The zero-order valence-electron chi connectivity index (χ0n) is 12.4. The van der Waals surface area contributed by atoms with E-state index in [2.05, 4.69) is 57.2 Å². The SMILES string of the molecule is Cc1cc(C2CCC(C)(C)CC2)c2ccccc2c1. The summed E-state index contributed by atoms with van der Waals surface area (Å²) in [7, 11) is 0. The second kappa shape index (κ2) is 4.67.